The van der Waals surface area contributed by atoms with Gasteiger partial charge >= 0.3 is 0 Å². The number of hydrogen-bond acceptors (Lipinski definition) is 6. The highest BCUT2D eigenvalue weighted by atomic mass is 16.5. The fourth-order valence-electron chi connectivity index (χ4n) is 2.94. The first-order valence-corrected chi connectivity index (χ1v) is 9.78. The van der Waals surface area contributed by atoms with Gasteiger partial charge in [0, 0.05) is 11.3 Å². The van der Waals surface area contributed by atoms with E-state index in [4.69, 9.17) is 16.2 Å². The molecule has 2 aromatic carbocycles. The zero-order valence-electron chi connectivity index (χ0n) is 17.1. The maximum atomic E-state index is 11.7. The zero-order valence-corrected chi connectivity index (χ0v) is 17.1. The van der Waals surface area contributed by atoms with Crippen molar-refractivity contribution in [2.45, 2.75) is 19.8 Å². The minimum absolute atomic E-state index is 0.0691. The third-order valence-electron chi connectivity index (χ3n) is 4.77. The Morgan fingerprint density at radius 2 is 1.61 bits per heavy atom. The molecule has 8 heteroatoms. The molecule has 0 spiro atoms. The van der Waals surface area contributed by atoms with E-state index in [2.05, 4.69) is 9.97 Å². The lowest BCUT2D eigenvalue weighted by Crippen LogP contribution is -2.26. The Morgan fingerprint density at radius 3 is 2.16 bits per heavy atom. The van der Waals surface area contributed by atoms with Crippen LogP contribution in [0.1, 0.15) is 28.2 Å². The minimum Gasteiger partial charge on any atom is -0.457 e. The fraction of sp³-hybridized carbons (Fsp3) is 0.217. The monoisotopic (exact) mass is 420 g/mol. The predicted octanol–water partition coefficient (Wildman–Crippen LogP) is 2.37. The van der Waals surface area contributed by atoms with Crippen LogP contribution in [0.3, 0.4) is 0 Å². The first kappa shape index (κ1) is 21.9. The average Bonchev–Trinajstić information content (AvgIpc) is 2.76. The fourth-order valence-corrected chi connectivity index (χ4v) is 2.94. The maximum absolute atomic E-state index is 11.7. The topological polar surface area (TPSA) is 141 Å². The van der Waals surface area contributed by atoms with Gasteiger partial charge in [-0.3, -0.25) is 9.59 Å². The highest BCUT2D eigenvalue weighted by Gasteiger charge is 2.16. The van der Waals surface area contributed by atoms with Crippen molar-refractivity contribution in [2.24, 2.45) is 17.4 Å². The van der Waals surface area contributed by atoms with E-state index in [1.807, 2.05) is 31.2 Å². The summed E-state index contributed by atoms with van der Waals surface area (Å²) in [6.45, 7) is 1.66. The molecule has 3 rings (SSSR count). The molecule has 0 aliphatic rings. The summed E-state index contributed by atoms with van der Waals surface area (Å²) in [5.74, 6) is -0.262. The Balaban J connectivity index is 1.81. The summed E-state index contributed by atoms with van der Waals surface area (Å²) >= 11 is 0. The molecule has 1 atom stereocenters. The van der Waals surface area contributed by atoms with Crippen molar-refractivity contribution in [3.8, 4) is 22.9 Å². The molecule has 0 saturated carbocycles. The van der Waals surface area contributed by atoms with Gasteiger partial charge in [-0.2, -0.15) is 0 Å². The number of carbonyl (C=O) groups is 2. The molecule has 1 aromatic heterocycles. The second kappa shape index (κ2) is 9.82. The van der Waals surface area contributed by atoms with E-state index in [0.29, 0.717) is 35.7 Å². The highest BCUT2D eigenvalue weighted by molar-refractivity contribution is 5.91. The molecular formula is C23H24N4O4. The predicted molar refractivity (Wildman–Crippen MR) is 115 cm³/mol. The molecule has 0 saturated heterocycles. The number of benzene rings is 2. The van der Waals surface area contributed by atoms with E-state index in [1.54, 1.807) is 24.3 Å². The van der Waals surface area contributed by atoms with E-state index < -0.39 is 17.7 Å². The quantitative estimate of drug-likeness (QED) is 0.485. The SMILES string of the molecule is Cc1ccc(Oc2ccc(-c3nc(CC[C@@H](CO)C(N)=O)cc(C(N)=O)n3)cc2)cc1. The number of nitrogens with zero attached hydrogens (tertiary/aromatic N) is 2. The zero-order chi connectivity index (χ0) is 22.4. The Labute approximate surface area is 179 Å². The van der Waals surface area contributed by atoms with Crippen molar-refractivity contribution in [1.82, 2.24) is 9.97 Å². The van der Waals surface area contributed by atoms with Gasteiger partial charge in [-0.25, -0.2) is 9.97 Å². The van der Waals surface area contributed by atoms with Crippen LogP contribution in [-0.2, 0) is 11.2 Å². The number of nitrogens with two attached hydrogens (primary N) is 2. The summed E-state index contributed by atoms with van der Waals surface area (Å²) in [5, 5.41) is 9.28. The van der Waals surface area contributed by atoms with E-state index in [-0.39, 0.29) is 12.3 Å². The molecule has 31 heavy (non-hydrogen) atoms. The Morgan fingerprint density at radius 1 is 1.00 bits per heavy atom. The van der Waals surface area contributed by atoms with Gasteiger partial charge in [0.25, 0.3) is 5.91 Å². The van der Waals surface area contributed by atoms with Gasteiger partial charge < -0.3 is 21.3 Å². The van der Waals surface area contributed by atoms with Crippen LogP contribution >= 0.6 is 0 Å². The van der Waals surface area contributed by atoms with Crippen molar-refractivity contribution in [3.05, 3.63) is 71.5 Å². The third kappa shape index (κ3) is 5.86. The molecule has 2 amide bonds. The summed E-state index contributed by atoms with van der Waals surface area (Å²) in [5.41, 5.74) is 13.1. The van der Waals surface area contributed by atoms with Gasteiger partial charge in [0.05, 0.1) is 12.5 Å². The third-order valence-corrected chi connectivity index (χ3v) is 4.77. The van der Waals surface area contributed by atoms with Crippen molar-refractivity contribution in [3.63, 3.8) is 0 Å². The average molecular weight is 420 g/mol. The molecular weight excluding hydrogens is 396 g/mol. The Bertz CT molecular complexity index is 1070. The molecule has 0 aliphatic heterocycles. The molecule has 0 unspecified atom stereocenters. The van der Waals surface area contributed by atoms with Gasteiger partial charge in [0.15, 0.2) is 5.82 Å². The number of rotatable bonds is 9. The lowest BCUT2D eigenvalue weighted by atomic mass is 10.0. The molecule has 0 radical (unpaired) electrons. The minimum atomic E-state index is -0.686. The van der Waals surface area contributed by atoms with Crippen molar-refractivity contribution in [2.75, 3.05) is 6.61 Å². The summed E-state index contributed by atoms with van der Waals surface area (Å²) in [4.78, 5) is 31.8. The normalized spacial score (nSPS) is 11.7. The van der Waals surface area contributed by atoms with Gasteiger partial charge in [-0.1, -0.05) is 17.7 Å². The number of ether oxygens (including phenoxy) is 1. The van der Waals surface area contributed by atoms with Crippen molar-refractivity contribution in [1.29, 1.82) is 0 Å². The van der Waals surface area contributed by atoms with Crippen LogP contribution in [0, 0.1) is 12.8 Å². The number of aliphatic hydroxyl groups is 1. The number of amides is 2. The van der Waals surface area contributed by atoms with Gasteiger partial charge in [-0.05, 0) is 62.2 Å². The number of hydrogen-bond donors (Lipinski definition) is 3. The molecule has 0 aliphatic carbocycles. The second-order valence-corrected chi connectivity index (χ2v) is 7.19. The second-order valence-electron chi connectivity index (χ2n) is 7.19. The van der Waals surface area contributed by atoms with Crippen LogP contribution in [0.5, 0.6) is 11.5 Å². The van der Waals surface area contributed by atoms with E-state index >= 15 is 0 Å². The Hall–Kier alpha value is -3.78. The maximum Gasteiger partial charge on any atom is 0.267 e. The van der Waals surface area contributed by atoms with Crippen LogP contribution < -0.4 is 16.2 Å². The van der Waals surface area contributed by atoms with Crippen molar-refractivity contribution >= 4 is 11.8 Å². The molecule has 0 bridgehead atoms. The highest BCUT2D eigenvalue weighted by Crippen LogP contribution is 2.25. The summed E-state index contributed by atoms with van der Waals surface area (Å²) < 4.78 is 5.83. The van der Waals surface area contributed by atoms with E-state index in [9.17, 15) is 14.7 Å². The van der Waals surface area contributed by atoms with Gasteiger partial charge in [-0.15, -0.1) is 0 Å². The van der Waals surface area contributed by atoms with Crippen LogP contribution in [0.2, 0.25) is 0 Å². The number of aliphatic hydroxyl groups excluding tert-OH is 1. The first-order valence-electron chi connectivity index (χ1n) is 9.78. The molecule has 160 valence electrons. The Kier molecular flexibility index (Phi) is 6.94. The lowest BCUT2D eigenvalue weighted by Gasteiger charge is -2.11. The molecule has 3 aromatic rings. The summed E-state index contributed by atoms with van der Waals surface area (Å²) in [7, 11) is 0. The number of carbonyl (C=O) groups excluding carboxylic acids is 2. The van der Waals surface area contributed by atoms with Crippen LogP contribution in [-0.4, -0.2) is 33.5 Å². The first-order chi connectivity index (χ1) is 14.9. The molecule has 0 fully saturated rings. The molecule has 1 heterocycles. The smallest absolute Gasteiger partial charge is 0.267 e. The van der Waals surface area contributed by atoms with Gasteiger partial charge in [0.1, 0.15) is 17.2 Å². The number of aromatic nitrogens is 2. The molecule has 5 N–H and O–H groups in total. The lowest BCUT2D eigenvalue weighted by molar-refractivity contribution is -0.123. The van der Waals surface area contributed by atoms with Crippen LogP contribution in [0.15, 0.2) is 54.6 Å². The van der Waals surface area contributed by atoms with E-state index in [0.717, 1.165) is 11.3 Å². The van der Waals surface area contributed by atoms with Gasteiger partial charge in [0.2, 0.25) is 5.91 Å². The van der Waals surface area contributed by atoms with Crippen LogP contribution in [0.25, 0.3) is 11.4 Å². The summed E-state index contributed by atoms with van der Waals surface area (Å²) in [6, 6.07) is 16.3. The van der Waals surface area contributed by atoms with Crippen molar-refractivity contribution < 1.29 is 19.4 Å². The van der Waals surface area contributed by atoms with Crippen LogP contribution in [0.4, 0.5) is 0 Å². The number of aryl methyl sites for hydroxylation is 2. The summed E-state index contributed by atoms with van der Waals surface area (Å²) in [6.07, 6.45) is 0.627. The molecule has 8 nitrogen and oxygen atoms in total. The largest absolute Gasteiger partial charge is 0.457 e. The van der Waals surface area contributed by atoms with E-state index in [1.165, 1.54) is 6.07 Å². The standard InChI is InChI=1S/C23H24N4O4/c1-14-2-8-18(9-3-14)31-19-10-5-15(6-11-19)23-26-17(12-20(27-23)22(25)30)7-4-16(13-28)21(24)29/h2-3,5-6,8-12,16,28H,4,7,13H2,1H3,(H2,24,29)(H2,25,30)/t16-/m0/s1. The number of primary amides is 2.